The molecule has 0 radical (unpaired) electrons. The molecule has 0 saturated carbocycles. The molecular formula is C22H19Cl2N7O7. The molecule has 4 aromatic rings. The number of nitro groups is 1. The summed E-state index contributed by atoms with van der Waals surface area (Å²) in [6.07, 6.45) is 3.07. The average molecular weight is 564 g/mol. The predicted molar refractivity (Wildman–Crippen MR) is 140 cm³/mol. The van der Waals surface area contributed by atoms with Crippen molar-refractivity contribution in [2.24, 2.45) is 12.1 Å². The van der Waals surface area contributed by atoms with Crippen LogP contribution in [0.15, 0.2) is 55.5 Å². The lowest BCUT2D eigenvalue weighted by molar-refractivity contribution is -0.402. The first kappa shape index (κ1) is 26.7. The number of H-pyrrole nitrogens is 1. The van der Waals surface area contributed by atoms with E-state index in [1.165, 1.54) is 48.2 Å². The highest BCUT2D eigenvalue weighted by Crippen LogP contribution is 2.27. The number of imidazole rings is 1. The lowest BCUT2D eigenvalue weighted by atomic mass is 10.3. The zero-order chi connectivity index (χ0) is 27.4. The minimum Gasteiger partial charge on any atom is -0.489 e. The topological polar surface area (TPSA) is 183 Å². The number of hydrogen-bond donors (Lipinski definition) is 3. The normalized spacial score (nSPS) is 12.5. The fraction of sp³-hybridized carbons (Fsp3) is 0.182. The molecule has 4 rings (SSSR count). The van der Waals surface area contributed by atoms with Gasteiger partial charge in [-0.25, -0.2) is 10.2 Å². The zero-order valence-electron chi connectivity index (χ0n) is 19.5. The van der Waals surface area contributed by atoms with Gasteiger partial charge in [0.1, 0.15) is 29.1 Å². The van der Waals surface area contributed by atoms with Gasteiger partial charge in [-0.2, -0.15) is 10.1 Å². The molecule has 14 nitrogen and oxygen atoms in total. The Morgan fingerprint density at radius 2 is 2.13 bits per heavy atom. The second kappa shape index (κ2) is 11.3. The number of aliphatic hydroxyl groups excluding tert-OH is 1. The van der Waals surface area contributed by atoms with E-state index in [2.05, 4.69) is 20.5 Å². The predicted octanol–water partition coefficient (Wildman–Crippen LogP) is 2.78. The van der Waals surface area contributed by atoms with Crippen LogP contribution in [0.5, 0.6) is 5.75 Å². The highest BCUT2D eigenvalue weighted by atomic mass is 35.5. The van der Waals surface area contributed by atoms with Crippen LogP contribution in [0.25, 0.3) is 17.2 Å². The first-order valence-electron chi connectivity index (χ1n) is 10.8. The van der Waals surface area contributed by atoms with Crippen LogP contribution in [-0.4, -0.2) is 48.1 Å². The lowest BCUT2D eigenvalue weighted by Crippen LogP contribution is -2.30. The molecule has 0 saturated heterocycles. The minimum absolute atomic E-state index is 0.0202. The number of furan rings is 1. The van der Waals surface area contributed by atoms with Crippen molar-refractivity contribution in [2.75, 3.05) is 12.0 Å². The Labute approximate surface area is 222 Å². The summed E-state index contributed by atoms with van der Waals surface area (Å²) in [5.74, 6) is 0.196. The quantitative estimate of drug-likeness (QED) is 0.148. The molecular weight excluding hydrogens is 545 g/mol. The molecule has 0 fully saturated rings. The number of benzene rings is 1. The largest absolute Gasteiger partial charge is 0.489 e. The van der Waals surface area contributed by atoms with Crippen LogP contribution < -0.4 is 21.4 Å². The third-order valence-electron chi connectivity index (χ3n) is 5.10. The van der Waals surface area contributed by atoms with Crippen LogP contribution in [-0.2, 0) is 13.6 Å². The number of nitrogens with zero attached hydrogens (tertiary/aromatic N) is 5. The Morgan fingerprint density at radius 1 is 1.34 bits per heavy atom. The van der Waals surface area contributed by atoms with Gasteiger partial charge in [0.15, 0.2) is 11.2 Å². The zero-order valence-corrected chi connectivity index (χ0v) is 21.0. The van der Waals surface area contributed by atoms with Gasteiger partial charge in [-0.05, 0) is 36.4 Å². The van der Waals surface area contributed by atoms with Crippen molar-refractivity contribution in [3.8, 4) is 5.75 Å². The number of anilines is 1. The maximum Gasteiger partial charge on any atom is 0.433 e. The third kappa shape index (κ3) is 5.94. The number of ether oxygens (including phenoxy) is 1. The number of aliphatic hydroxyl groups is 1. The Morgan fingerprint density at radius 3 is 2.84 bits per heavy atom. The number of aromatic amines is 1. The van der Waals surface area contributed by atoms with Gasteiger partial charge in [0, 0.05) is 18.3 Å². The van der Waals surface area contributed by atoms with Gasteiger partial charge in [-0.1, -0.05) is 23.2 Å². The maximum atomic E-state index is 12.6. The molecule has 0 aliphatic heterocycles. The molecule has 0 aliphatic rings. The number of fused-ring (bicyclic) bond motifs is 1. The molecule has 198 valence electrons. The van der Waals surface area contributed by atoms with E-state index < -0.39 is 28.2 Å². The molecule has 1 atom stereocenters. The summed E-state index contributed by atoms with van der Waals surface area (Å²) in [4.78, 5) is 41.2. The number of hydrazone groups is 1. The highest BCUT2D eigenvalue weighted by Gasteiger charge is 2.20. The Hall–Kier alpha value is -4.40. The smallest absolute Gasteiger partial charge is 0.433 e. The standard InChI is InChI=1S/C22H19Cl2N7O7/c1-29-19-18(20(33)27-22(29)34)30(10-13(32)11-37-16-6-4-12(23)9-15(16)24)21(26-19)28-25-8-2-3-14-5-7-17(38-14)31(35)36/h2-9,13,32H,10-11H2,1H3,(H,26,28)(H,27,33,34)/b3-2+,25-8-/t13-/m1/s1. The monoisotopic (exact) mass is 563 g/mol. The highest BCUT2D eigenvalue weighted by molar-refractivity contribution is 6.35. The third-order valence-corrected chi connectivity index (χ3v) is 5.63. The van der Waals surface area contributed by atoms with Crippen LogP contribution in [0.2, 0.25) is 10.0 Å². The van der Waals surface area contributed by atoms with E-state index in [9.17, 15) is 24.8 Å². The molecule has 16 heteroatoms. The van der Waals surface area contributed by atoms with Gasteiger partial charge in [-0.3, -0.25) is 24.5 Å². The minimum atomic E-state index is -1.13. The summed E-state index contributed by atoms with van der Waals surface area (Å²) < 4.78 is 13.1. The number of aromatic nitrogens is 4. The molecule has 3 aromatic heterocycles. The SMILES string of the molecule is Cn1c(=O)[nH]c(=O)c2c1nc(N/N=C\C=C\c1ccc([N+](=O)[O-])o1)n2C[C@@H](O)COc1ccc(Cl)cc1Cl. The Balaban J connectivity index is 1.54. The maximum absolute atomic E-state index is 12.6. The number of allylic oxidation sites excluding steroid dienone is 1. The fourth-order valence-corrected chi connectivity index (χ4v) is 3.81. The molecule has 1 aromatic carbocycles. The Bertz CT molecular complexity index is 1670. The van der Waals surface area contributed by atoms with Crippen molar-refractivity contribution in [1.29, 1.82) is 0 Å². The van der Waals surface area contributed by atoms with E-state index in [0.717, 1.165) is 4.57 Å². The summed E-state index contributed by atoms with van der Waals surface area (Å²) >= 11 is 12.0. The van der Waals surface area contributed by atoms with Gasteiger partial charge in [0.05, 0.1) is 17.6 Å². The van der Waals surface area contributed by atoms with E-state index in [-0.39, 0.29) is 41.0 Å². The van der Waals surface area contributed by atoms with E-state index in [0.29, 0.717) is 10.8 Å². The van der Waals surface area contributed by atoms with E-state index in [1.807, 2.05) is 0 Å². The van der Waals surface area contributed by atoms with E-state index in [4.69, 9.17) is 32.4 Å². The van der Waals surface area contributed by atoms with Crippen LogP contribution >= 0.6 is 23.2 Å². The second-order valence-corrected chi connectivity index (χ2v) is 8.60. The van der Waals surface area contributed by atoms with Gasteiger partial charge in [0.25, 0.3) is 5.56 Å². The summed E-state index contributed by atoms with van der Waals surface area (Å²) in [5.41, 5.74) is 1.36. The molecule has 0 spiro atoms. The van der Waals surface area contributed by atoms with Crippen molar-refractivity contribution < 1.29 is 19.2 Å². The molecule has 0 bridgehead atoms. The second-order valence-electron chi connectivity index (χ2n) is 7.76. The molecule has 0 aliphatic carbocycles. The Kier molecular flexibility index (Phi) is 7.95. The number of nitrogens with one attached hydrogen (secondary N) is 2. The summed E-state index contributed by atoms with van der Waals surface area (Å²) in [6.45, 7) is -0.349. The average Bonchev–Trinajstić information content (AvgIpc) is 3.48. The summed E-state index contributed by atoms with van der Waals surface area (Å²) in [7, 11) is 1.43. The van der Waals surface area contributed by atoms with Crippen molar-refractivity contribution in [2.45, 2.75) is 12.6 Å². The lowest BCUT2D eigenvalue weighted by Gasteiger charge is -2.15. The number of hydrogen-bond acceptors (Lipinski definition) is 10. The summed E-state index contributed by atoms with van der Waals surface area (Å²) in [6, 6.07) is 7.27. The fourth-order valence-electron chi connectivity index (χ4n) is 3.35. The van der Waals surface area contributed by atoms with E-state index in [1.54, 1.807) is 12.1 Å². The van der Waals surface area contributed by atoms with Gasteiger partial charge >= 0.3 is 11.6 Å². The van der Waals surface area contributed by atoms with Crippen molar-refractivity contribution in [3.63, 3.8) is 0 Å². The van der Waals surface area contributed by atoms with Gasteiger partial charge < -0.3 is 18.8 Å². The van der Waals surface area contributed by atoms with E-state index >= 15 is 0 Å². The van der Waals surface area contributed by atoms with Crippen LogP contribution in [0.4, 0.5) is 11.8 Å². The molecule has 38 heavy (non-hydrogen) atoms. The molecule has 3 N–H and O–H groups in total. The van der Waals surface area contributed by atoms with Crippen LogP contribution in [0, 0.1) is 10.1 Å². The van der Waals surface area contributed by atoms with Crippen molar-refractivity contribution >= 4 is 58.5 Å². The number of rotatable bonds is 10. The molecule has 0 unspecified atom stereocenters. The number of halogens is 2. The first-order chi connectivity index (χ1) is 18.1. The first-order valence-corrected chi connectivity index (χ1v) is 11.5. The summed E-state index contributed by atoms with van der Waals surface area (Å²) in [5, 5.41) is 26.0. The molecule has 0 amide bonds. The van der Waals surface area contributed by atoms with Gasteiger partial charge in [0.2, 0.25) is 5.95 Å². The van der Waals surface area contributed by atoms with Crippen LogP contribution in [0.1, 0.15) is 5.76 Å². The number of aryl methyl sites for hydroxylation is 1. The van der Waals surface area contributed by atoms with Crippen molar-refractivity contribution in [3.05, 3.63) is 83.2 Å². The van der Waals surface area contributed by atoms with Gasteiger partial charge in [-0.15, -0.1) is 0 Å². The van der Waals surface area contributed by atoms with Crippen molar-refractivity contribution in [1.82, 2.24) is 19.1 Å². The van der Waals surface area contributed by atoms with Crippen LogP contribution in [0.3, 0.4) is 0 Å². The molecule has 3 heterocycles.